The number of aliphatic hydroxyl groups is 2. The molecule has 0 radical (unpaired) electrons. The summed E-state index contributed by atoms with van der Waals surface area (Å²) in [4.78, 5) is 18.3. The van der Waals surface area contributed by atoms with Crippen molar-refractivity contribution in [1.82, 2.24) is 0 Å². The smallest absolute Gasteiger partial charge is 0.171 e. The van der Waals surface area contributed by atoms with Crippen LogP contribution in [0.3, 0.4) is 0 Å². The Morgan fingerprint density at radius 2 is 1.59 bits per heavy atom. The monoisotopic (exact) mass is 448 g/mol. The van der Waals surface area contributed by atoms with Gasteiger partial charge in [-0.2, -0.15) is 0 Å². The maximum atomic E-state index is 13.1. The molecule has 4 atom stereocenters. The second-order valence-electron chi connectivity index (χ2n) is 9.33. The van der Waals surface area contributed by atoms with Crippen molar-refractivity contribution in [2.75, 3.05) is 23.9 Å². The number of aliphatic hydroxyl groups excluding tert-OH is 2. The van der Waals surface area contributed by atoms with Crippen LogP contribution < -0.4 is 9.80 Å². The zero-order chi connectivity index (χ0) is 22.8. The van der Waals surface area contributed by atoms with Gasteiger partial charge in [-0.25, -0.2) is 0 Å². The van der Waals surface area contributed by atoms with Crippen LogP contribution in [0.4, 0.5) is 11.4 Å². The van der Waals surface area contributed by atoms with Gasteiger partial charge in [-0.15, -0.1) is 0 Å². The number of rotatable bonds is 2. The number of hydrogen-bond acceptors (Lipinski definition) is 6. The predicted molar refractivity (Wildman–Crippen MR) is 129 cm³/mol. The van der Waals surface area contributed by atoms with E-state index in [0.717, 1.165) is 27.0 Å². The van der Waals surface area contributed by atoms with Crippen molar-refractivity contribution < 1.29 is 15.0 Å². The van der Waals surface area contributed by atoms with Crippen molar-refractivity contribution in [2.24, 2.45) is 11.8 Å². The molecule has 5 rings (SSSR count). The third kappa shape index (κ3) is 3.04. The number of carbonyl (C=O) groups is 1. The number of benzene rings is 2. The SMILES string of the molecule is CN1/C(=C\C2C(=O)C(O)C(/C=C3/Sc4ccccc4N3C)C2O)C(C)(C)c2ccccc21. The fraction of sp³-hybridized carbons (Fsp3) is 0.346. The van der Waals surface area contributed by atoms with Crippen LogP contribution in [-0.4, -0.2) is 42.3 Å². The fourth-order valence-corrected chi connectivity index (χ4v) is 6.40. The molecule has 2 aromatic carbocycles. The number of hydrogen-bond donors (Lipinski definition) is 2. The first-order chi connectivity index (χ1) is 15.2. The third-order valence-electron chi connectivity index (χ3n) is 7.13. The second-order valence-corrected chi connectivity index (χ2v) is 10.4. The Labute approximate surface area is 193 Å². The van der Waals surface area contributed by atoms with Crippen molar-refractivity contribution in [3.05, 3.63) is 77.0 Å². The lowest BCUT2D eigenvalue weighted by molar-refractivity contribution is -0.127. The Morgan fingerprint density at radius 1 is 0.938 bits per heavy atom. The maximum absolute atomic E-state index is 13.1. The Hall–Kier alpha value is -2.54. The molecule has 166 valence electrons. The molecule has 2 heterocycles. The van der Waals surface area contributed by atoms with Crippen molar-refractivity contribution in [3.8, 4) is 0 Å². The van der Waals surface area contributed by atoms with Crippen LogP contribution >= 0.6 is 11.8 Å². The number of anilines is 2. The van der Waals surface area contributed by atoms with Gasteiger partial charge in [0.1, 0.15) is 6.10 Å². The normalized spacial score (nSPS) is 31.0. The molecule has 2 aromatic rings. The van der Waals surface area contributed by atoms with E-state index in [1.54, 1.807) is 11.8 Å². The predicted octanol–water partition coefficient (Wildman–Crippen LogP) is 3.92. The number of carbonyl (C=O) groups excluding carboxylic acids is 1. The average molecular weight is 449 g/mol. The highest BCUT2D eigenvalue weighted by Gasteiger charge is 2.49. The van der Waals surface area contributed by atoms with Crippen LogP contribution in [0.1, 0.15) is 19.4 Å². The molecule has 0 amide bonds. The van der Waals surface area contributed by atoms with Gasteiger partial charge in [0.05, 0.1) is 22.7 Å². The summed E-state index contributed by atoms with van der Waals surface area (Å²) in [6.07, 6.45) is 1.52. The van der Waals surface area contributed by atoms with E-state index in [4.69, 9.17) is 0 Å². The Bertz CT molecular complexity index is 1160. The molecule has 1 aliphatic carbocycles. The number of para-hydroxylation sites is 2. The minimum absolute atomic E-state index is 0.296. The highest BCUT2D eigenvalue weighted by molar-refractivity contribution is 8.03. The van der Waals surface area contributed by atoms with Gasteiger partial charge in [0.15, 0.2) is 5.78 Å². The number of fused-ring (bicyclic) bond motifs is 2. The molecule has 0 bridgehead atoms. The molecule has 1 fully saturated rings. The summed E-state index contributed by atoms with van der Waals surface area (Å²) >= 11 is 1.59. The highest BCUT2D eigenvalue weighted by Crippen LogP contribution is 2.49. The van der Waals surface area contributed by atoms with E-state index in [9.17, 15) is 15.0 Å². The lowest BCUT2D eigenvalue weighted by atomic mass is 9.82. The van der Waals surface area contributed by atoms with Crippen LogP contribution in [-0.2, 0) is 10.2 Å². The molecule has 1 saturated carbocycles. The van der Waals surface area contributed by atoms with E-state index in [2.05, 4.69) is 30.9 Å². The Balaban J connectivity index is 1.46. The standard InChI is InChI=1S/C26H28N2O3S/c1-26(2)17-9-5-6-10-18(17)27(3)21(26)13-15-23(29)16(25(31)24(15)30)14-22-28(4)19-11-7-8-12-20(19)32-22/h5-16,23,25,29,31H,1-4H3/b21-13-,22-14+. The van der Waals surface area contributed by atoms with Crippen LogP contribution in [0, 0.1) is 11.8 Å². The zero-order valence-electron chi connectivity index (χ0n) is 18.7. The molecule has 2 aliphatic heterocycles. The van der Waals surface area contributed by atoms with Crippen LogP contribution in [0.25, 0.3) is 0 Å². The second kappa shape index (κ2) is 7.51. The van der Waals surface area contributed by atoms with Gasteiger partial charge in [0.2, 0.25) is 0 Å². The van der Waals surface area contributed by atoms with E-state index in [-0.39, 0.29) is 11.2 Å². The maximum Gasteiger partial charge on any atom is 0.171 e. The molecular formula is C26H28N2O3S. The quantitative estimate of drug-likeness (QED) is 0.726. The van der Waals surface area contributed by atoms with Gasteiger partial charge in [0, 0.05) is 41.7 Å². The van der Waals surface area contributed by atoms with E-state index in [0.29, 0.717) is 0 Å². The molecule has 5 nitrogen and oxygen atoms in total. The van der Waals surface area contributed by atoms with E-state index in [1.807, 2.05) is 67.5 Å². The number of nitrogens with zero attached hydrogens (tertiary/aromatic N) is 2. The molecule has 32 heavy (non-hydrogen) atoms. The topological polar surface area (TPSA) is 64.0 Å². The summed E-state index contributed by atoms with van der Waals surface area (Å²) in [6.45, 7) is 4.26. The van der Waals surface area contributed by atoms with Crippen LogP contribution in [0.15, 0.2) is 76.3 Å². The minimum Gasteiger partial charge on any atom is -0.391 e. The first-order valence-electron chi connectivity index (χ1n) is 10.9. The number of allylic oxidation sites excluding steroid dienone is 1. The lowest BCUT2D eigenvalue weighted by Gasteiger charge is -2.26. The zero-order valence-corrected chi connectivity index (χ0v) is 19.5. The first-order valence-corrected chi connectivity index (χ1v) is 11.7. The summed E-state index contributed by atoms with van der Waals surface area (Å²) in [6, 6.07) is 16.3. The molecule has 0 aromatic heterocycles. The van der Waals surface area contributed by atoms with E-state index >= 15 is 0 Å². The molecule has 3 aliphatic rings. The summed E-state index contributed by atoms with van der Waals surface area (Å²) < 4.78 is 0. The number of ketones is 1. The number of likely N-dealkylation sites (N-methyl/N-ethyl adjacent to an activating group) is 1. The largest absolute Gasteiger partial charge is 0.391 e. The van der Waals surface area contributed by atoms with Crippen molar-refractivity contribution in [2.45, 2.75) is 36.4 Å². The van der Waals surface area contributed by atoms with Gasteiger partial charge in [-0.3, -0.25) is 4.79 Å². The van der Waals surface area contributed by atoms with Gasteiger partial charge in [0.25, 0.3) is 0 Å². The van der Waals surface area contributed by atoms with Crippen LogP contribution in [0.2, 0.25) is 0 Å². The van der Waals surface area contributed by atoms with Gasteiger partial charge >= 0.3 is 0 Å². The average Bonchev–Trinajstić information content (AvgIpc) is 3.28. The summed E-state index contributed by atoms with van der Waals surface area (Å²) in [7, 11) is 3.95. The lowest BCUT2D eigenvalue weighted by Crippen LogP contribution is -2.28. The molecular weight excluding hydrogens is 420 g/mol. The number of Topliss-reactive ketones (excluding diaryl/α,β-unsaturated/α-hetero) is 1. The molecule has 0 saturated heterocycles. The van der Waals surface area contributed by atoms with Gasteiger partial charge in [-0.05, 0) is 29.8 Å². The minimum atomic E-state index is -1.23. The molecule has 6 heteroatoms. The van der Waals surface area contributed by atoms with Crippen molar-refractivity contribution in [1.29, 1.82) is 0 Å². The van der Waals surface area contributed by atoms with E-state index in [1.165, 1.54) is 5.56 Å². The van der Waals surface area contributed by atoms with Crippen molar-refractivity contribution >= 4 is 28.9 Å². The summed E-state index contributed by atoms with van der Waals surface area (Å²) in [5.74, 6) is -1.73. The van der Waals surface area contributed by atoms with Crippen LogP contribution in [0.5, 0.6) is 0 Å². The van der Waals surface area contributed by atoms with E-state index < -0.39 is 24.0 Å². The highest BCUT2D eigenvalue weighted by atomic mass is 32.2. The summed E-state index contributed by atoms with van der Waals surface area (Å²) in [5.41, 5.74) is 4.05. The molecule has 0 spiro atoms. The third-order valence-corrected chi connectivity index (χ3v) is 8.32. The van der Waals surface area contributed by atoms with Gasteiger partial charge in [-0.1, -0.05) is 62.0 Å². The number of thioether (sulfide) groups is 1. The Kier molecular flexibility index (Phi) is 5.00. The molecule has 4 unspecified atom stereocenters. The van der Waals surface area contributed by atoms with Gasteiger partial charge < -0.3 is 20.0 Å². The summed E-state index contributed by atoms with van der Waals surface area (Å²) in [5, 5.41) is 22.9. The van der Waals surface area contributed by atoms with Crippen molar-refractivity contribution in [3.63, 3.8) is 0 Å². The molecule has 2 N–H and O–H groups in total. The first kappa shape index (κ1) is 21.3. The Morgan fingerprint density at radius 3 is 2.28 bits per heavy atom. The fourth-order valence-electron chi connectivity index (χ4n) is 5.25.